The Morgan fingerprint density at radius 3 is 1.72 bits per heavy atom. The number of hydrogen-bond donors (Lipinski definition) is 0. The van der Waals surface area contributed by atoms with Crippen molar-refractivity contribution in [2.45, 2.75) is 16.7 Å². The summed E-state index contributed by atoms with van der Waals surface area (Å²) < 4.78 is 75.6. The van der Waals surface area contributed by atoms with Gasteiger partial charge in [-0.2, -0.15) is 26.3 Å². The van der Waals surface area contributed by atoms with Crippen molar-refractivity contribution in [1.29, 1.82) is 0 Å². The van der Waals surface area contributed by atoms with Crippen LogP contribution in [0.25, 0.3) is 0 Å². The van der Waals surface area contributed by atoms with E-state index in [1.807, 2.05) is 0 Å². The van der Waals surface area contributed by atoms with Crippen molar-refractivity contribution in [3.8, 4) is 0 Å². The number of carbonyl (C=O) groups excluding carboxylic acids is 1. The standard InChI is InChI=1S/C8H8BrF6NO2/c9-6(7(10,11)12,8(13,14)15)5(17)16-1-3-18-4-2-16/h1-4H2. The molecule has 0 aromatic rings. The van der Waals surface area contributed by atoms with Gasteiger partial charge in [0, 0.05) is 13.1 Å². The number of hydrogen-bond acceptors (Lipinski definition) is 2. The summed E-state index contributed by atoms with van der Waals surface area (Å²) in [5.41, 5.74) is 0. The van der Waals surface area contributed by atoms with Gasteiger partial charge in [-0.05, 0) is 0 Å². The third-order valence-corrected chi connectivity index (χ3v) is 3.61. The maximum atomic E-state index is 12.6. The number of nitrogens with zero attached hydrogens (tertiary/aromatic N) is 1. The molecule has 0 radical (unpaired) electrons. The minimum atomic E-state index is -5.78. The van der Waals surface area contributed by atoms with Gasteiger partial charge >= 0.3 is 12.4 Å². The van der Waals surface area contributed by atoms with E-state index in [0.717, 1.165) is 0 Å². The highest BCUT2D eigenvalue weighted by atomic mass is 79.9. The third kappa shape index (κ3) is 2.58. The summed E-state index contributed by atoms with van der Waals surface area (Å²) in [6.45, 7) is -0.800. The van der Waals surface area contributed by atoms with Crippen LogP contribution in [-0.2, 0) is 9.53 Å². The van der Waals surface area contributed by atoms with E-state index in [-0.39, 0.29) is 26.3 Å². The van der Waals surface area contributed by atoms with E-state index in [9.17, 15) is 31.1 Å². The summed E-state index contributed by atoms with van der Waals surface area (Å²) in [4.78, 5) is 12.0. The average molecular weight is 344 g/mol. The fourth-order valence-electron chi connectivity index (χ4n) is 1.39. The summed E-state index contributed by atoms with van der Waals surface area (Å²) in [6, 6.07) is 0. The molecule has 0 aromatic heterocycles. The smallest absolute Gasteiger partial charge is 0.378 e. The van der Waals surface area contributed by atoms with Crippen molar-refractivity contribution in [3.63, 3.8) is 0 Å². The summed E-state index contributed by atoms with van der Waals surface area (Å²) in [5.74, 6) is -2.06. The summed E-state index contributed by atoms with van der Waals surface area (Å²) >= 11 is 1.55. The molecular formula is C8H8BrF6NO2. The fourth-order valence-corrected chi connectivity index (χ4v) is 1.64. The molecule has 1 amide bonds. The maximum Gasteiger partial charge on any atom is 0.421 e. The van der Waals surface area contributed by atoms with Gasteiger partial charge in [0.2, 0.25) is 0 Å². The van der Waals surface area contributed by atoms with Gasteiger partial charge in [0.25, 0.3) is 10.2 Å². The van der Waals surface area contributed by atoms with Crippen LogP contribution in [0.3, 0.4) is 0 Å². The van der Waals surface area contributed by atoms with E-state index >= 15 is 0 Å². The second-order valence-electron chi connectivity index (χ2n) is 3.56. The lowest BCUT2D eigenvalue weighted by Crippen LogP contribution is -2.63. The van der Waals surface area contributed by atoms with E-state index in [1.54, 1.807) is 15.9 Å². The number of halogens is 7. The molecule has 0 atom stereocenters. The molecule has 0 spiro atoms. The average Bonchev–Trinajstić information content (AvgIpc) is 2.25. The zero-order valence-corrected chi connectivity index (χ0v) is 10.3. The molecule has 0 bridgehead atoms. The molecule has 0 unspecified atom stereocenters. The van der Waals surface area contributed by atoms with Gasteiger partial charge in [0.1, 0.15) is 0 Å². The van der Waals surface area contributed by atoms with E-state index in [1.165, 1.54) is 0 Å². The molecule has 1 fully saturated rings. The van der Waals surface area contributed by atoms with E-state index < -0.39 is 22.6 Å². The SMILES string of the molecule is O=C(N1CCOCC1)C(Br)(C(F)(F)F)C(F)(F)F. The Balaban J connectivity index is 3.08. The molecular weight excluding hydrogens is 336 g/mol. The Hall–Kier alpha value is -0.510. The first kappa shape index (κ1) is 15.5. The molecule has 1 heterocycles. The van der Waals surface area contributed by atoms with Crippen LogP contribution < -0.4 is 0 Å². The Bertz CT molecular complexity index is 309. The Morgan fingerprint density at radius 1 is 1.00 bits per heavy atom. The van der Waals surface area contributed by atoms with E-state index in [2.05, 4.69) is 0 Å². The third-order valence-electron chi connectivity index (χ3n) is 2.37. The lowest BCUT2D eigenvalue weighted by atomic mass is 10.1. The van der Waals surface area contributed by atoms with Gasteiger partial charge in [0.15, 0.2) is 0 Å². The molecule has 0 saturated carbocycles. The predicted octanol–water partition coefficient (Wildman–Crippen LogP) is 2.10. The molecule has 1 aliphatic heterocycles. The van der Waals surface area contributed by atoms with Gasteiger partial charge in [-0.15, -0.1) is 0 Å². The zero-order valence-electron chi connectivity index (χ0n) is 8.74. The zero-order chi connectivity index (χ0) is 14.2. The van der Waals surface area contributed by atoms with Crippen molar-refractivity contribution in [3.05, 3.63) is 0 Å². The quantitative estimate of drug-likeness (QED) is 0.539. The first-order valence-corrected chi connectivity index (χ1v) is 5.50. The molecule has 0 aromatic carbocycles. The molecule has 1 aliphatic rings. The highest BCUT2D eigenvalue weighted by molar-refractivity contribution is 9.10. The van der Waals surface area contributed by atoms with Crippen molar-refractivity contribution in [2.75, 3.05) is 26.3 Å². The van der Waals surface area contributed by atoms with Gasteiger partial charge < -0.3 is 9.64 Å². The maximum absolute atomic E-state index is 12.6. The van der Waals surface area contributed by atoms with Gasteiger partial charge in [-0.25, -0.2) is 0 Å². The normalized spacial score (nSPS) is 18.9. The molecule has 0 N–H and O–H groups in total. The van der Waals surface area contributed by atoms with Gasteiger partial charge in [0.05, 0.1) is 13.2 Å². The number of rotatable bonds is 1. The fraction of sp³-hybridized carbons (Fsp3) is 0.875. The van der Waals surface area contributed by atoms with Crippen LogP contribution in [0.1, 0.15) is 0 Å². The molecule has 1 saturated heterocycles. The number of amides is 1. The summed E-state index contributed by atoms with van der Waals surface area (Å²) in [6.07, 6.45) is -11.6. The molecule has 18 heavy (non-hydrogen) atoms. The first-order valence-electron chi connectivity index (χ1n) is 4.71. The number of morpholine rings is 1. The number of carbonyl (C=O) groups is 1. The molecule has 1 rings (SSSR count). The second kappa shape index (κ2) is 4.87. The van der Waals surface area contributed by atoms with Crippen molar-refractivity contribution in [1.82, 2.24) is 4.90 Å². The Kier molecular flexibility index (Phi) is 4.21. The monoisotopic (exact) mass is 343 g/mol. The van der Waals surface area contributed by atoms with Gasteiger partial charge in [-0.3, -0.25) is 4.79 Å². The van der Waals surface area contributed by atoms with Crippen molar-refractivity contribution in [2.24, 2.45) is 0 Å². The van der Waals surface area contributed by atoms with Crippen LogP contribution in [0.2, 0.25) is 0 Å². The van der Waals surface area contributed by atoms with Crippen LogP contribution in [0.15, 0.2) is 0 Å². The largest absolute Gasteiger partial charge is 0.421 e. The molecule has 10 heteroatoms. The Morgan fingerprint density at radius 2 is 1.39 bits per heavy atom. The van der Waals surface area contributed by atoms with E-state index in [0.29, 0.717) is 4.90 Å². The van der Waals surface area contributed by atoms with Crippen LogP contribution in [-0.4, -0.2) is 53.8 Å². The lowest BCUT2D eigenvalue weighted by molar-refractivity contribution is -0.259. The number of ether oxygens (including phenoxy) is 1. The first-order chi connectivity index (χ1) is 8.02. The van der Waals surface area contributed by atoms with Crippen molar-refractivity contribution >= 4 is 21.8 Å². The second-order valence-corrected chi connectivity index (χ2v) is 4.75. The van der Waals surface area contributed by atoms with Crippen LogP contribution >= 0.6 is 15.9 Å². The van der Waals surface area contributed by atoms with Crippen LogP contribution in [0.4, 0.5) is 26.3 Å². The minimum absolute atomic E-state index is 0.0927. The van der Waals surface area contributed by atoms with Crippen LogP contribution in [0, 0.1) is 0 Å². The number of alkyl halides is 7. The summed E-state index contributed by atoms with van der Waals surface area (Å²) in [7, 11) is 0. The molecule has 3 nitrogen and oxygen atoms in total. The van der Waals surface area contributed by atoms with Crippen LogP contribution in [0.5, 0.6) is 0 Å². The molecule has 106 valence electrons. The Labute approximate surface area is 106 Å². The predicted molar refractivity (Wildman–Crippen MR) is 51.2 cm³/mol. The van der Waals surface area contributed by atoms with Gasteiger partial charge in [-0.1, -0.05) is 15.9 Å². The molecule has 0 aliphatic carbocycles. The summed E-state index contributed by atoms with van der Waals surface area (Å²) in [5, 5.41) is 0. The highest BCUT2D eigenvalue weighted by Gasteiger charge is 2.75. The van der Waals surface area contributed by atoms with E-state index in [4.69, 9.17) is 4.74 Å². The van der Waals surface area contributed by atoms with Crippen molar-refractivity contribution < 1.29 is 35.9 Å². The highest BCUT2D eigenvalue weighted by Crippen LogP contribution is 2.50. The topological polar surface area (TPSA) is 29.5 Å². The minimum Gasteiger partial charge on any atom is -0.378 e. The lowest BCUT2D eigenvalue weighted by Gasteiger charge is -2.36.